The predicted octanol–water partition coefficient (Wildman–Crippen LogP) is 3.77. The van der Waals surface area contributed by atoms with Crippen molar-refractivity contribution in [3.05, 3.63) is 102 Å². The molecule has 164 valence electrons. The second-order valence-electron chi connectivity index (χ2n) is 7.56. The van der Waals surface area contributed by atoms with E-state index in [4.69, 9.17) is 4.74 Å². The predicted molar refractivity (Wildman–Crippen MR) is 126 cm³/mol. The Morgan fingerprint density at radius 2 is 1.67 bits per heavy atom. The number of nitrogens with zero attached hydrogens (tertiary/aromatic N) is 5. The van der Waals surface area contributed by atoms with Crippen LogP contribution in [0.15, 0.2) is 91.0 Å². The van der Waals surface area contributed by atoms with Gasteiger partial charge < -0.3 is 10.1 Å². The Bertz CT molecular complexity index is 1270. The van der Waals surface area contributed by atoms with E-state index < -0.39 is 0 Å². The Hall–Kier alpha value is -4.46. The number of rotatable bonds is 6. The third-order valence-corrected chi connectivity index (χ3v) is 5.47. The molecule has 8 heteroatoms. The number of benzene rings is 3. The number of nitrogens with one attached hydrogen (secondary N) is 1. The number of carbonyl (C=O) groups excluding carboxylic acids is 1. The molecule has 5 rings (SSSR count). The summed E-state index contributed by atoms with van der Waals surface area (Å²) in [5.41, 5.74) is 3.59. The van der Waals surface area contributed by atoms with Crippen molar-refractivity contribution in [2.75, 3.05) is 23.9 Å². The minimum Gasteiger partial charge on any atom is -0.497 e. The largest absolute Gasteiger partial charge is 0.497 e. The van der Waals surface area contributed by atoms with E-state index >= 15 is 0 Å². The van der Waals surface area contributed by atoms with E-state index in [1.54, 1.807) is 36.1 Å². The summed E-state index contributed by atoms with van der Waals surface area (Å²) in [5.74, 6) is 1.05. The minimum absolute atomic E-state index is 0.0502. The molecule has 33 heavy (non-hydrogen) atoms. The molecule has 0 spiro atoms. The van der Waals surface area contributed by atoms with Gasteiger partial charge in [-0.2, -0.15) is 4.68 Å². The second kappa shape index (κ2) is 8.96. The van der Waals surface area contributed by atoms with Crippen LogP contribution < -0.4 is 15.0 Å². The Kier molecular flexibility index (Phi) is 5.55. The van der Waals surface area contributed by atoms with Crippen molar-refractivity contribution < 1.29 is 9.53 Å². The number of aromatic nitrogens is 4. The molecule has 1 aliphatic rings. The lowest BCUT2D eigenvalue weighted by atomic mass is 10.0. The van der Waals surface area contributed by atoms with Crippen LogP contribution in [0.2, 0.25) is 0 Å². The van der Waals surface area contributed by atoms with Gasteiger partial charge in [0, 0.05) is 5.69 Å². The maximum Gasteiger partial charge on any atom is 0.251 e. The zero-order valence-electron chi connectivity index (χ0n) is 18.0. The molecule has 1 aromatic heterocycles. The third-order valence-electron chi connectivity index (χ3n) is 5.47. The number of allylic oxidation sites excluding steroid dienone is 1. The summed E-state index contributed by atoms with van der Waals surface area (Å²) in [6.07, 6.45) is 2.09. The first-order chi connectivity index (χ1) is 16.2. The SMILES string of the molecule is COc1ccc(NC(=O)CN2C(c3ccccc3)=CC(c3ccccc3)n3nnnc32)cc1. The quantitative estimate of drug-likeness (QED) is 0.493. The summed E-state index contributed by atoms with van der Waals surface area (Å²) in [4.78, 5) is 14.8. The molecule has 0 saturated heterocycles. The summed E-state index contributed by atoms with van der Waals surface area (Å²) in [6.45, 7) is 0.0502. The van der Waals surface area contributed by atoms with Crippen molar-refractivity contribution in [2.45, 2.75) is 6.04 Å². The summed E-state index contributed by atoms with van der Waals surface area (Å²) >= 11 is 0. The molecule has 0 aliphatic carbocycles. The Labute approximate surface area is 191 Å². The second-order valence-corrected chi connectivity index (χ2v) is 7.56. The molecule has 0 fully saturated rings. The number of hydrogen-bond donors (Lipinski definition) is 1. The first-order valence-electron chi connectivity index (χ1n) is 10.5. The fraction of sp³-hybridized carbons (Fsp3) is 0.120. The van der Waals surface area contributed by atoms with E-state index in [1.807, 2.05) is 65.6 Å². The fourth-order valence-corrected chi connectivity index (χ4v) is 3.89. The lowest BCUT2D eigenvalue weighted by Gasteiger charge is -2.32. The molecule has 1 N–H and O–H groups in total. The lowest BCUT2D eigenvalue weighted by molar-refractivity contribution is -0.114. The number of anilines is 2. The van der Waals surface area contributed by atoms with E-state index in [0.29, 0.717) is 11.6 Å². The summed E-state index contributed by atoms with van der Waals surface area (Å²) in [5, 5.41) is 15.3. The first-order valence-corrected chi connectivity index (χ1v) is 10.5. The fourth-order valence-electron chi connectivity index (χ4n) is 3.89. The zero-order valence-corrected chi connectivity index (χ0v) is 18.0. The van der Waals surface area contributed by atoms with Gasteiger partial charge in [0.1, 0.15) is 18.3 Å². The maximum atomic E-state index is 13.0. The molecule has 8 nitrogen and oxygen atoms in total. The van der Waals surface area contributed by atoms with Crippen LogP contribution in [0.1, 0.15) is 17.2 Å². The van der Waals surface area contributed by atoms with E-state index in [0.717, 1.165) is 22.6 Å². The van der Waals surface area contributed by atoms with Crippen LogP contribution in [0.5, 0.6) is 5.75 Å². The van der Waals surface area contributed by atoms with Crippen LogP contribution in [0.4, 0.5) is 11.6 Å². The van der Waals surface area contributed by atoms with Crippen molar-refractivity contribution in [3.63, 3.8) is 0 Å². The standard InChI is InChI=1S/C25H22N6O2/c1-33-21-14-12-20(13-15-21)26-24(32)17-30-22(18-8-4-2-5-9-18)16-23(19-10-6-3-7-11-19)31-25(30)27-28-29-31/h2-16,23H,17H2,1H3,(H,26,32). The molecular weight excluding hydrogens is 416 g/mol. The van der Waals surface area contributed by atoms with E-state index in [9.17, 15) is 4.79 Å². The topological polar surface area (TPSA) is 85.2 Å². The van der Waals surface area contributed by atoms with Crippen molar-refractivity contribution in [3.8, 4) is 5.75 Å². The molecular formula is C25H22N6O2. The smallest absolute Gasteiger partial charge is 0.251 e. The monoisotopic (exact) mass is 438 g/mol. The lowest BCUT2D eigenvalue weighted by Crippen LogP contribution is -2.37. The molecule has 0 radical (unpaired) electrons. The van der Waals surface area contributed by atoms with Crippen LogP contribution in [0.3, 0.4) is 0 Å². The zero-order chi connectivity index (χ0) is 22.6. The van der Waals surface area contributed by atoms with Gasteiger partial charge in [-0.15, -0.1) is 0 Å². The number of ether oxygens (including phenoxy) is 1. The van der Waals surface area contributed by atoms with Gasteiger partial charge in [0.25, 0.3) is 5.95 Å². The molecule has 0 bridgehead atoms. The van der Waals surface area contributed by atoms with Crippen molar-refractivity contribution >= 4 is 23.2 Å². The van der Waals surface area contributed by atoms with Crippen LogP contribution in [-0.2, 0) is 4.79 Å². The van der Waals surface area contributed by atoms with Crippen molar-refractivity contribution in [1.82, 2.24) is 20.2 Å². The third kappa shape index (κ3) is 4.18. The Balaban J connectivity index is 1.49. The molecule has 1 amide bonds. The molecule has 3 aromatic carbocycles. The van der Waals surface area contributed by atoms with Gasteiger partial charge in [-0.05, 0) is 51.9 Å². The maximum absolute atomic E-state index is 13.0. The van der Waals surface area contributed by atoms with E-state index in [1.165, 1.54) is 0 Å². The van der Waals surface area contributed by atoms with Crippen molar-refractivity contribution in [2.24, 2.45) is 0 Å². The number of tetrazole rings is 1. The molecule has 1 atom stereocenters. The van der Waals surface area contributed by atoms with Gasteiger partial charge >= 0.3 is 0 Å². The van der Waals surface area contributed by atoms with Gasteiger partial charge in [0.2, 0.25) is 5.91 Å². The van der Waals surface area contributed by atoms with Crippen LogP contribution in [0, 0.1) is 0 Å². The van der Waals surface area contributed by atoms with Crippen LogP contribution in [-0.4, -0.2) is 39.8 Å². The number of hydrogen-bond acceptors (Lipinski definition) is 6. The molecule has 1 unspecified atom stereocenters. The number of methoxy groups -OCH3 is 1. The van der Waals surface area contributed by atoms with Gasteiger partial charge in [-0.1, -0.05) is 65.8 Å². The van der Waals surface area contributed by atoms with E-state index in [2.05, 4.69) is 26.9 Å². The minimum atomic E-state index is -0.188. The van der Waals surface area contributed by atoms with Gasteiger partial charge in [0.05, 0.1) is 12.8 Å². The normalized spacial score (nSPS) is 14.9. The number of amides is 1. The van der Waals surface area contributed by atoms with Gasteiger partial charge in [0.15, 0.2) is 0 Å². The average molecular weight is 438 g/mol. The summed E-state index contributed by atoms with van der Waals surface area (Å²) in [7, 11) is 1.61. The molecule has 4 aromatic rings. The van der Waals surface area contributed by atoms with Crippen LogP contribution >= 0.6 is 0 Å². The molecule has 1 aliphatic heterocycles. The molecule has 0 saturated carbocycles. The first kappa shape index (κ1) is 20.4. The van der Waals surface area contributed by atoms with Crippen molar-refractivity contribution in [1.29, 1.82) is 0 Å². The summed E-state index contributed by atoms with van der Waals surface area (Å²) < 4.78 is 6.92. The average Bonchev–Trinajstić information content (AvgIpc) is 3.36. The number of carbonyl (C=O) groups is 1. The molecule has 2 heterocycles. The number of fused-ring (bicyclic) bond motifs is 1. The van der Waals surface area contributed by atoms with Gasteiger partial charge in [-0.25, -0.2) is 0 Å². The van der Waals surface area contributed by atoms with Gasteiger partial charge in [-0.3, -0.25) is 9.69 Å². The highest BCUT2D eigenvalue weighted by atomic mass is 16.5. The highest BCUT2D eigenvalue weighted by Crippen LogP contribution is 2.36. The van der Waals surface area contributed by atoms with Crippen LogP contribution in [0.25, 0.3) is 5.70 Å². The Morgan fingerprint density at radius 3 is 2.36 bits per heavy atom. The Morgan fingerprint density at radius 1 is 0.970 bits per heavy atom. The van der Waals surface area contributed by atoms with E-state index in [-0.39, 0.29) is 18.5 Å². The summed E-state index contributed by atoms with van der Waals surface area (Å²) in [6, 6.07) is 27.0. The highest BCUT2D eigenvalue weighted by Gasteiger charge is 2.31. The highest BCUT2D eigenvalue weighted by molar-refractivity contribution is 5.97.